The highest BCUT2D eigenvalue weighted by Crippen LogP contribution is 2.38. The third-order valence-electron chi connectivity index (χ3n) is 3.46. The Morgan fingerprint density at radius 1 is 1.07 bits per heavy atom. The second-order valence-corrected chi connectivity index (χ2v) is 5.71. The first-order valence-corrected chi connectivity index (χ1v) is 6.15. The molecule has 1 aliphatic carbocycles. The van der Waals surface area contributed by atoms with E-state index >= 15 is 0 Å². The van der Waals surface area contributed by atoms with Crippen molar-refractivity contribution < 1.29 is 4.74 Å². The van der Waals surface area contributed by atoms with E-state index in [1.807, 2.05) is 0 Å². The Morgan fingerprint density at radius 2 is 1.64 bits per heavy atom. The molecular weight excluding hydrogens is 172 g/mol. The summed E-state index contributed by atoms with van der Waals surface area (Å²) in [6, 6.07) is 0. The molecular formula is C13H26O. The van der Waals surface area contributed by atoms with Crippen LogP contribution in [0.3, 0.4) is 0 Å². The first-order chi connectivity index (χ1) is 6.54. The van der Waals surface area contributed by atoms with E-state index in [0.717, 1.165) is 18.9 Å². The van der Waals surface area contributed by atoms with Crippen LogP contribution in [0, 0.1) is 11.3 Å². The molecule has 0 bridgehead atoms. The Morgan fingerprint density at radius 3 is 2.07 bits per heavy atom. The van der Waals surface area contributed by atoms with E-state index in [4.69, 9.17) is 4.74 Å². The van der Waals surface area contributed by atoms with Crippen LogP contribution in [-0.2, 0) is 4.74 Å². The largest absolute Gasteiger partial charge is 0.378 e. The Hall–Kier alpha value is -0.0400. The van der Waals surface area contributed by atoms with E-state index in [2.05, 4.69) is 27.7 Å². The van der Waals surface area contributed by atoms with E-state index in [0.29, 0.717) is 11.5 Å². The lowest BCUT2D eigenvalue weighted by atomic mass is 9.72. The fraction of sp³-hybridized carbons (Fsp3) is 1.00. The van der Waals surface area contributed by atoms with Gasteiger partial charge < -0.3 is 4.74 Å². The van der Waals surface area contributed by atoms with Crippen molar-refractivity contribution >= 4 is 0 Å². The Labute approximate surface area is 89.2 Å². The fourth-order valence-corrected chi connectivity index (χ4v) is 2.38. The molecule has 1 heteroatoms. The van der Waals surface area contributed by atoms with Crippen molar-refractivity contribution in [3.63, 3.8) is 0 Å². The second-order valence-electron chi connectivity index (χ2n) is 5.71. The van der Waals surface area contributed by atoms with Gasteiger partial charge in [-0.25, -0.2) is 0 Å². The van der Waals surface area contributed by atoms with Gasteiger partial charge in [0.2, 0.25) is 0 Å². The monoisotopic (exact) mass is 198 g/mol. The summed E-state index contributed by atoms with van der Waals surface area (Å²) in [6.07, 6.45) is 6.99. The average Bonchev–Trinajstić information content (AvgIpc) is 2.14. The Bertz CT molecular complexity index is 149. The number of ether oxygens (including phenoxy) is 1. The highest BCUT2D eigenvalue weighted by molar-refractivity contribution is 4.80. The first kappa shape index (κ1) is 12.0. The molecule has 1 rings (SSSR count). The summed E-state index contributed by atoms with van der Waals surface area (Å²) in [4.78, 5) is 0. The van der Waals surface area contributed by atoms with Crippen LogP contribution >= 0.6 is 0 Å². The maximum Gasteiger partial charge on any atom is 0.0575 e. The van der Waals surface area contributed by atoms with Gasteiger partial charge in [-0.3, -0.25) is 0 Å². The molecule has 0 heterocycles. The Balaban J connectivity index is 2.24. The van der Waals surface area contributed by atoms with E-state index < -0.39 is 0 Å². The van der Waals surface area contributed by atoms with Crippen molar-refractivity contribution in [2.45, 2.75) is 65.9 Å². The highest BCUT2D eigenvalue weighted by atomic mass is 16.5. The lowest BCUT2D eigenvalue weighted by Gasteiger charge is -2.36. The maximum atomic E-state index is 5.79. The fourth-order valence-electron chi connectivity index (χ4n) is 2.38. The molecule has 84 valence electrons. The van der Waals surface area contributed by atoms with Crippen molar-refractivity contribution in [3.05, 3.63) is 0 Å². The average molecular weight is 198 g/mol. The zero-order valence-electron chi connectivity index (χ0n) is 10.3. The molecule has 1 fully saturated rings. The highest BCUT2D eigenvalue weighted by Gasteiger charge is 2.29. The number of hydrogen-bond acceptors (Lipinski definition) is 1. The molecule has 0 amide bonds. The van der Waals surface area contributed by atoms with Gasteiger partial charge in [0.05, 0.1) is 6.10 Å². The van der Waals surface area contributed by atoms with E-state index in [1.165, 1.54) is 25.7 Å². The van der Waals surface area contributed by atoms with Crippen molar-refractivity contribution in [2.75, 3.05) is 6.61 Å². The zero-order chi connectivity index (χ0) is 10.6. The summed E-state index contributed by atoms with van der Waals surface area (Å²) in [5, 5.41) is 0. The molecule has 0 aromatic carbocycles. The van der Waals surface area contributed by atoms with Crippen molar-refractivity contribution in [1.29, 1.82) is 0 Å². The molecule has 0 spiro atoms. The summed E-state index contributed by atoms with van der Waals surface area (Å²) < 4.78 is 5.79. The maximum absolute atomic E-state index is 5.79. The van der Waals surface area contributed by atoms with Crippen molar-refractivity contribution in [3.8, 4) is 0 Å². The first-order valence-electron chi connectivity index (χ1n) is 6.15. The molecule has 1 saturated carbocycles. The van der Waals surface area contributed by atoms with Gasteiger partial charge in [0.25, 0.3) is 0 Å². The van der Waals surface area contributed by atoms with Gasteiger partial charge in [0, 0.05) is 6.61 Å². The summed E-state index contributed by atoms with van der Waals surface area (Å²) in [7, 11) is 0. The van der Waals surface area contributed by atoms with Crippen LogP contribution in [-0.4, -0.2) is 12.7 Å². The summed E-state index contributed by atoms with van der Waals surface area (Å²) in [6.45, 7) is 10.2. The molecule has 0 radical (unpaired) electrons. The lowest BCUT2D eigenvalue weighted by molar-refractivity contribution is 0.00415. The van der Waals surface area contributed by atoms with Crippen LogP contribution in [0.15, 0.2) is 0 Å². The molecule has 14 heavy (non-hydrogen) atoms. The van der Waals surface area contributed by atoms with Gasteiger partial charge in [0.15, 0.2) is 0 Å². The van der Waals surface area contributed by atoms with Gasteiger partial charge >= 0.3 is 0 Å². The Kier molecular flexibility index (Phi) is 4.43. The van der Waals surface area contributed by atoms with Crippen LogP contribution in [0.5, 0.6) is 0 Å². The third kappa shape index (κ3) is 3.61. The predicted octanol–water partition coefficient (Wildman–Crippen LogP) is 4.02. The van der Waals surface area contributed by atoms with E-state index in [-0.39, 0.29) is 0 Å². The van der Waals surface area contributed by atoms with Crippen LogP contribution in [0.25, 0.3) is 0 Å². The molecule has 0 aromatic heterocycles. The summed E-state index contributed by atoms with van der Waals surface area (Å²) in [5.74, 6) is 0.906. The van der Waals surface area contributed by atoms with Gasteiger partial charge in [-0.2, -0.15) is 0 Å². The minimum absolute atomic E-state index is 0.496. The van der Waals surface area contributed by atoms with Gasteiger partial charge in [-0.15, -0.1) is 0 Å². The molecule has 0 aromatic rings. The molecule has 1 nitrogen and oxygen atoms in total. The predicted molar refractivity (Wildman–Crippen MR) is 61.4 cm³/mol. The molecule has 0 atom stereocenters. The quantitative estimate of drug-likeness (QED) is 0.665. The number of hydrogen-bond donors (Lipinski definition) is 0. The summed E-state index contributed by atoms with van der Waals surface area (Å²) >= 11 is 0. The lowest BCUT2D eigenvalue weighted by Crippen LogP contribution is -2.29. The van der Waals surface area contributed by atoms with E-state index in [9.17, 15) is 0 Å². The minimum atomic E-state index is 0.496. The van der Waals surface area contributed by atoms with Crippen LogP contribution in [0.4, 0.5) is 0 Å². The minimum Gasteiger partial charge on any atom is -0.378 e. The molecule has 0 saturated heterocycles. The van der Waals surface area contributed by atoms with Crippen molar-refractivity contribution in [1.82, 2.24) is 0 Å². The number of rotatable bonds is 3. The smallest absolute Gasteiger partial charge is 0.0575 e. The van der Waals surface area contributed by atoms with E-state index in [1.54, 1.807) is 0 Å². The van der Waals surface area contributed by atoms with Crippen LogP contribution in [0.2, 0.25) is 0 Å². The standard InChI is InChI=1S/C13H26O/c1-5-10-14-12-8-6-11(7-9-12)13(2,3)4/h11-12H,5-10H2,1-4H3. The molecule has 0 N–H and O–H groups in total. The SMILES string of the molecule is CCCOC1CCC(C(C)(C)C)CC1. The molecule has 0 aliphatic heterocycles. The van der Waals surface area contributed by atoms with Gasteiger partial charge in [-0.05, 0) is 43.4 Å². The third-order valence-corrected chi connectivity index (χ3v) is 3.46. The normalized spacial score (nSPS) is 29.1. The van der Waals surface area contributed by atoms with Gasteiger partial charge in [0.1, 0.15) is 0 Å². The second kappa shape index (κ2) is 5.16. The zero-order valence-corrected chi connectivity index (χ0v) is 10.3. The molecule has 1 aliphatic rings. The topological polar surface area (TPSA) is 9.23 Å². The summed E-state index contributed by atoms with van der Waals surface area (Å²) in [5.41, 5.74) is 0.496. The van der Waals surface area contributed by atoms with Crippen LogP contribution in [0.1, 0.15) is 59.8 Å². The van der Waals surface area contributed by atoms with Gasteiger partial charge in [-0.1, -0.05) is 27.7 Å². The van der Waals surface area contributed by atoms with Crippen molar-refractivity contribution in [2.24, 2.45) is 11.3 Å². The van der Waals surface area contributed by atoms with Crippen LogP contribution < -0.4 is 0 Å². The molecule has 0 unspecified atom stereocenters.